The van der Waals surface area contributed by atoms with E-state index in [9.17, 15) is 8.42 Å². The predicted octanol–water partition coefficient (Wildman–Crippen LogP) is 3.33. The summed E-state index contributed by atoms with van der Waals surface area (Å²) in [6.45, 7) is 3.91. The molecule has 0 heterocycles. The van der Waals surface area contributed by atoms with Crippen LogP contribution >= 0.6 is 0 Å². The minimum atomic E-state index is -2.87. The average Bonchev–Trinajstić information content (AvgIpc) is 2.56. The first-order valence-corrected chi connectivity index (χ1v) is 8.87. The van der Waals surface area contributed by atoms with Gasteiger partial charge in [0.05, 0.1) is 11.4 Å². The Kier molecular flexibility index (Phi) is 4.55. The molecule has 5 nitrogen and oxygen atoms in total. The lowest BCUT2D eigenvalue weighted by molar-refractivity contribution is 0.614. The van der Waals surface area contributed by atoms with Crippen molar-refractivity contribution < 1.29 is 8.42 Å². The molecule has 1 radical (unpaired) electrons. The lowest BCUT2D eigenvalue weighted by Crippen LogP contribution is -2.15. The van der Waals surface area contributed by atoms with Crippen molar-refractivity contribution in [3.05, 3.63) is 67.1 Å². The maximum absolute atomic E-state index is 11.9. The highest BCUT2D eigenvalue weighted by molar-refractivity contribution is 7.74. The molecule has 6 heteroatoms. The summed E-state index contributed by atoms with van der Waals surface area (Å²) in [7, 11) is 1.09. The Bertz CT molecular complexity index is 1000. The van der Waals surface area contributed by atoms with E-state index in [0.717, 1.165) is 16.5 Å². The van der Waals surface area contributed by atoms with Gasteiger partial charge in [-0.15, -0.1) is 0 Å². The third-order valence-corrected chi connectivity index (χ3v) is 4.84. The molecule has 3 rings (SSSR count). The van der Waals surface area contributed by atoms with Crippen molar-refractivity contribution in [2.75, 3.05) is 29.0 Å². The summed E-state index contributed by atoms with van der Waals surface area (Å²) in [5.41, 5.74) is 8.99. The van der Waals surface area contributed by atoms with Gasteiger partial charge >= 0.3 is 0 Å². The van der Waals surface area contributed by atoms with Crippen LogP contribution in [0.3, 0.4) is 0 Å². The average molecular weight is 354 g/mol. The highest BCUT2D eigenvalue weighted by Crippen LogP contribution is 2.32. The standard InChI is InChI=1S/C19H20N3O2S/c1-13-10-16(20)6-9-19(13)22(25(23)24)18-8-5-14-11-17(21(2)3)7-4-15(14)12-18/h4-12,25H,1,20H2,2-3H3. The van der Waals surface area contributed by atoms with Crippen LogP contribution in [0.2, 0.25) is 0 Å². The minimum absolute atomic E-state index is 0.495. The summed E-state index contributed by atoms with van der Waals surface area (Å²) < 4.78 is 25.1. The van der Waals surface area contributed by atoms with Gasteiger partial charge in [-0.3, -0.25) is 0 Å². The zero-order chi connectivity index (χ0) is 18.1. The van der Waals surface area contributed by atoms with Gasteiger partial charge < -0.3 is 10.6 Å². The SMILES string of the molecule is [CH2]c1cc(N)ccc1N(c1ccc2cc(N(C)C)ccc2c1)[SH](=O)=O. The molecule has 0 aliphatic rings. The predicted molar refractivity (Wildman–Crippen MR) is 106 cm³/mol. The molecule has 0 bridgehead atoms. The Balaban J connectivity index is 2.12. The fourth-order valence-corrected chi connectivity index (χ4v) is 3.45. The molecule has 3 aromatic carbocycles. The second kappa shape index (κ2) is 6.64. The zero-order valence-electron chi connectivity index (χ0n) is 14.1. The number of thiol groups is 1. The molecule has 0 spiro atoms. The van der Waals surface area contributed by atoms with Crippen molar-refractivity contribution in [2.45, 2.75) is 0 Å². The fourth-order valence-electron chi connectivity index (χ4n) is 2.76. The molecular weight excluding hydrogens is 334 g/mol. The van der Waals surface area contributed by atoms with E-state index in [4.69, 9.17) is 5.73 Å². The van der Waals surface area contributed by atoms with Gasteiger partial charge in [-0.05, 0) is 65.7 Å². The van der Waals surface area contributed by atoms with E-state index in [1.807, 2.05) is 43.3 Å². The van der Waals surface area contributed by atoms with Gasteiger partial charge in [-0.1, -0.05) is 12.1 Å². The Labute approximate surface area is 149 Å². The van der Waals surface area contributed by atoms with Gasteiger partial charge in [0.1, 0.15) is 0 Å². The number of hydrogen-bond donors (Lipinski definition) is 2. The van der Waals surface area contributed by atoms with Crippen LogP contribution in [-0.2, 0) is 10.9 Å². The molecule has 0 aliphatic carbocycles. The summed E-state index contributed by atoms with van der Waals surface area (Å²) in [4.78, 5) is 2.03. The highest BCUT2D eigenvalue weighted by Gasteiger charge is 2.15. The summed E-state index contributed by atoms with van der Waals surface area (Å²) in [6, 6.07) is 16.6. The van der Waals surface area contributed by atoms with E-state index >= 15 is 0 Å². The van der Waals surface area contributed by atoms with Crippen LogP contribution < -0.4 is 14.9 Å². The number of nitrogens with zero attached hydrogens (tertiary/aromatic N) is 2. The second-order valence-electron chi connectivity index (χ2n) is 6.05. The lowest BCUT2D eigenvalue weighted by atomic mass is 10.1. The van der Waals surface area contributed by atoms with E-state index in [2.05, 4.69) is 13.0 Å². The van der Waals surface area contributed by atoms with Crippen LogP contribution in [0.15, 0.2) is 54.6 Å². The van der Waals surface area contributed by atoms with Crippen LogP contribution in [0.5, 0.6) is 0 Å². The van der Waals surface area contributed by atoms with Gasteiger partial charge in [0, 0.05) is 25.5 Å². The molecular formula is C19H20N3O2S. The molecule has 0 unspecified atom stereocenters. The van der Waals surface area contributed by atoms with Gasteiger partial charge in [0.2, 0.25) is 10.9 Å². The first kappa shape index (κ1) is 17.1. The smallest absolute Gasteiger partial charge is 0.229 e. The maximum Gasteiger partial charge on any atom is 0.229 e. The van der Waals surface area contributed by atoms with Crippen LogP contribution in [0.1, 0.15) is 5.56 Å². The monoisotopic (exact) mass is 354 g/mol. The summed E-state index contributed by atoms with van der Waals surface area (Å²) in [5, 5.41) is 2.01. The summed E-state index contributed by atoms with van der Waals surface area (Å²) in [6.07, 6.45) is 0. The number of rotatable bonds is 4. The van der Waals surface area contributed by atoms with Gasteiger partial charge in [-0.25, -0.2) is 12.7 Å². The van der Waals surface area contributed by atoms with Crippen LogP contribution in [0.4, 0.5) is 22.7 Å². The number of nitrogens with two attached hydrogens (primary N) is 1. The summed E-state index contributed by atoms with van der Waals surface area (Å²) >= 11 is 0. The number of nitrogen functional groups attached to an aromatic ring is 1. The number of benzene rings is 3. The van der Waals surface area contributed by atoms with Crippen molar-refractivity contribution in [1.29, 1.82) is 0 Å². The van der Waals surface area contributed by atoms with Crippen LogP contribution in [-0.4, -0.2) is 22.5 Å². The van der Waals surface area contributed by atoms with Crippen molar-refractivity contribution >= 4 is 44.4 Å². The molecule has 0 saturated carbocycles. The molecule has 3 aromatic rings. The molecule has 0 aliphatic heterocycles. The van der Waals surface area contributed by atoms with Crippen LogP contribution in [0.25, 0.3) is 10.8 Å². The van der Waals surface area contributed by atoms with Crippen molar-refractivity contribution in [2.24, 2.45) is 0 Å². The highest BCUT2D eigenvalue weighted by atomic mass is 32.2. The molecule has 0 aromatic heterocycles. The fraction of sp³-hybridized carbons (Fsp3) is 0.105. The van der Waals surface area contributed by atoms with Crippen molar-refractivity contribution in [3.8, 4) is 0 Å². The summed E-state index contributed by atoms with van der Waals surface area (Å²) in [5.74, 6) is 0. The first-order valence-electron chi connectivity index (χ1n) is 7.74. The quantitative estimate of drug-likeness (QED) is 0.557. The third-order valence-electron chi connectivity index (χ3n) is 4.06. The van der Waals surface area contributed by atoms with E-state index in [1.54, 1.807) is 24.3 Å². The molecule has 0 fully saturated rings. The lowest BCUT2D eigenvalue weighted by Gasteiger charge is -2.21. The maximum atomic E-state index is 11.9. The topological polar surface area (TPSA) is 66.6 Å². The van der Waals surface area contributed by atoms with E-state index in [-0.39, 0.29) is 0 Å². The molecule has 25 heavy (non-hydrogen) atoms. The minimum Gasteiger partial charge on any atom is -0.399 e. The second-order valence-corrected chi connectivity index (χ2v) is 6.92. The van der Waals surface area contributed by atoms with E-state index in [1.165, 1.54) is 4.31 Å². The molecule has 0 saturated heterocycles. The molecule has 0 amide bonds. The van der Waals surface area contributed by atoms with E-state index in [0.29, 0.717) is 22.6 Å². The van der Waals surface area contributed by atoms with Crippen molar-refractivity contribution in [1.82, 2.24) is 0 Å². The van der Waals surface area contributed by atoms with Gasteiger partial charge in [0.15, 0.2) is 0 Å². The largest absolute Gasteiger partial charge is 0.399 e. The van der Waals surface area contributed by atoms with Crippen molar-refractivity contribution in [3.63, 3.8) is 0 Å². The normalized spacial score (nSPS) is 11.0. The Morgan fingerprint density at radius 1 is 0.880 bits per heavy atom. The Morgan fingerprint density at radius 2 is 1.48 bits per heavy atom. The number of hydrogen-bond acceptors (Lipinski definition) is 4. The van der Waals surface area contributed by atoms with Gasteiger partial charge in [-0.2, -0.15) is 0 Å². The van der Waals surface area contributed by atoms with Gasteiger partial charge in [0.25, 0.3) is 0 Å². The Morgan fingerprint density at radius 3 is 2.04 bits per heavy atom. The first-order chi connectivity index (χ1) is 11.9. The van der Waals surface area contributed by atoms with E-state index < -0.39 is 10.9 Å². The Hall–Kier alpha value is -2.73. The third kappa shape index (κ3) is 3.39. The zero-order valence-corrected chi connectivity index (χ0v) is 15.0. The molecule has 129 valence electrons. The van der Waals surface area contributed by atoms with Crippen LogP contribution in [0, 0.1) is 6.92 Å². The molecule has 0 atom stereocenters. The molecule has 2 N–H and O–H groups in total. The number of anilines is 4. The number of fused-ring (bicyclic) bond motifs is 1.